The molecule has 1 aliphatic heterocycles. The molecule has 2 rings (SSSR count). The van der Waals surface area contributed by atoms with Crippen molar-refractivity contribution in [1.82, 2.24) is 0 Å². The molecule has 0 aromatic heterocycles. The minimum atomic E-state index is -2.34. The van der Waals surface area contributed by atoms with Crippen molar-refractivity contribution in [1.29, 1.82) is 0 Å². The summed E-state index contributed by atoms with van der Waals surface area (Å²) >= 11 is 1.35. The first-order chi connectivity index (χ1) is 14.7. The van der Waals surface area contributed by atoms with Gasteiger partial charge in [-0.15, -0.1) is 0 Å². The van der Waals surface area contributed by atoms with E-state index in [1.807, 2.05) is 31.2 Å². The van der Waals surface area contributed by atoms with Crippen molar-refractivity contribution in [3.05, 3.63) is 29.8 Å². The van der Waals surface area contributed by atoms with Crippen molar-refractivity contribution in [3.8, 4) is 0 Å². The predicted molar refractivity (Wildman–Crippen MR) is 126 cm³/mol. The maximum atomic E-state index is 12.0. The van der Waals surface area contributed by atoms with Gasteiger partial charge in [-0.05, 0) is 37.2 Å². The van der Waals surface area contributed by atoms with Crippen molar-refractivity contribution < 1.29 is 33.3 Å². The lowest BCUT2D eigenvalue weighted by molar-refractivity contribution is -0.225. The first kappa shape index (κ1) is 26.9. The zero-order valence-electron chi connectivity index (χ0n) is 20.2. The SMILES string of the molecule is CC(=O)O[C@@H]1[C@@H](OC(C)=O)[C@H](Sc2ccc(C)cc2)O[C@H](CO)[C@H]1O[Si](C)(C)C(C)(C)C. The predicted octanol–water partition coefficient (Wildman–Crippen LogP) is 4.06. The van der Waals surface area contributed by atoms with E-state index in [1.54, 1.807) is 0 Å². The number of hydrogen-bond acceptors (Lipinski definition) is 8. The number of aryl methyl sites for hydroxylation is 1. The molecule has 0 radical (unpaired) electrons. The highest BCUT2D eigenvalue weighted by Gasteiger charge is 2.53. The molecule has 32 heavy (non-hydrogen) atoms. The summed E-state index contributed by atoms with van der Waals surface area (Å²) in [5.41, 5.74) is 0.423. The van der Waals surface area contributed by atoms with Crippen LogP contribution in [0.15, 0.2) is 29.2 Å². The molecule has 0 unspecified atom stereocenters. The minimum Gasteiger partial charge on any atom is -0.456 e. The van der Waals surface area contributed by atoms with Gasteiger partial charge in [0, 0.05) is 18.7 Å². The summed E-state index contributed by atoms with van der Waals surface area (Å²) in [6, 6.07) is 7.84. The van der Waals surface area contributed by atoms with Gasteiger partial charge in [-0.1, -0.05) is 50.2 Å². The van der Waals surface area contributed by atoms with E-state index in [-0.39, 0.29) is 11.6 Å². The lowest BCUT2D eigenvalue weighted by atomic mass is 9.99. The highest BCUT2D eigenvalue weighted by atomic mass is 32.2. The summed E-state index contributed by atoms with van der Waals surface area (Å²) in [7, 11) is -2.34. The maximum absolute atomic E-state index is 12.0. The van der Waals surface area contributed by atoms with Gasteiger partial charge in [0.05, 0.1) is 6.61 Å². The van der Waals surface area contributed by atoms with Gasteiger partial charge >= 0.3 is 11.9 Å². The van der Waals surface area contributed by atoms with Crippen molar-refractivity contribution in [3.63, 3.8) is 0 Å². The molecule has 1 fully saturated rings. The van der Waals surface area contributed by atoms with Gasteiger partial charge in [0.15, 0.2) is 20.5 Å². The number of aliphatic hydroxyl groups excluding tert-OH is 1. The molecule has 0 amide bonds. The highest BCUT2D eigenvalue weighted by Crippen LogP contribution is 2.42. The average molecular weight is 485 g/mol. The normalized spacial score (nSPS) is 26.5. The van der Waals surface area contributed by atoms with Crippen molar-refractivity contribution in [2.24, 2.45) is 0 Å². The molecule has 1 aliphatic rings. The van der Waals surface area contributed by atoms with Crippen molar-refractivity contribution in [2.45, 2.75) is 94.4 Å². The number of thioether (sulfide) groups is 1. The average Bonchev–Trinajstić information content (AvgIpc) is 2.66. The molecule has 9 heteroatoms. The Labute approximate surface area is 196 Å². The number of rotatable bonds is 7. The van der Waals surface area contributed by atoms with Gasteiger partial charge < -0.3 is 23.7 Å². The standard InChI is InChI=1S/C23H36O7SSi/c1-14-9-11-17(12-10-14)31-22-21(28-16(3)26)20(27-15(2)25)19(18(13-24)29-22)30-32(7,8)23(4,5)6/h9-12,18-22,24H,13H2,1-8H3/t18-,19-,20+,21-,22+/m1/s1. The fourth-order valence-corrected chi connectivity index (χ4v) is 5.60. The number of hydrogen-bond donors (Lipinski definition) is 1. The Balaban J connectivity index is 2.45. The van der Waals surface area contributed by atoms with Gasteiger partial charge in [-0.2, -0.15) is 0 Å². The van der Waals surface area contributed by atoms with Gasteiger partial charge in [0.2, 0.25) is 0 Å². The molecule has 5 atom stereocenters. The van der Waals surface area contributed by atoms with Gasteiger partial charge in [0.25, 0.3) is 0 Å². The monoisotopic (exact) mass is 484 g/mol. The molecule has 1 N–H and O–H groups in total. The summed E-state index contributed by atoms with van der Waals surface area (Å²) in [4.78, 5) is 24.9. The van der Waals surface area contributed by atoms with Crippen molar-refractivity contribution in [2.75, 3.05) is 6.61 Å². The Hall–Kier alpha value is -1.39. The zero-order valence-corrected chi connectivity index (χ0v) is 22.0. The minimum absolute atomic E-state index is 0.127. The van der Waals surface area contributed by atoms with Crippen LogP contribution in [0.2, 0.25) is 18.1 Å². The third-order valence-corrected chi connectivity index (χ3v) is 11.5. The largest absolute Gasteiger partial charge is 0.456 e. The van der Waals surface area contributed by atoms with Crippen LogP contribution in [0, 0.1) is 6.92 Å². The van der Waals surface area contributed by atoms with E-state index in [9.17, 15) is 14.7 Å². The first-order valence-corrected chi connectivity index (χ1v) is 14.6. The van der Waals surface area contributed by atoms with E-state index in [0.717, 1.165) is 10.5 Å². The lowest BCUT2D eigenvalue weighted by Crippen LogP contribution is -2.63. The summed E-state index contributed by atoms with van der Waals surface area (Å²) in [6.45, 7) is 14.7. The molecule has 1 saturated heterocycles. The number of aliphatic hydroxyl groups is 1. The van der Waals surface area contributed by atoms with E-state index in [0.29, 0.717) is 0 Å². The van der Waals surface area contributed by atoms with E-state index >= 15 is 0 Å². The van der Waals surface area contributed by atoms with E-state index in [4.69, 9.17) is 18.6 Å². The number of ether oxygens (including phenoxy) is 3. The van der Waals surface area contributed by atoms with Crippen LogP contribution < -0.4 is 0 Å². The van der Waals surface area contributed by atoms with Crippen LogP contribution in [-0.4, -0.2) is 61.8 Å². The molecular weight excluding hydrogens is 448 g/mol. The summed E-state index contributed by atoms with van der Waals surface area (Å²) in [6.07, 6.45) is -3.34. The molecule has 7 nitrogen and oxygen atoms in total. The van der Waals surface area contributed by atoms with E-state index < -0.39 is 50.1 Å². The molecular formula is C23H36O7SSi. The summed E-state index contributed by atoms with van der Waals surface area (Å²) < 4.78 is 24.1. The van der Waals surface area contributed by atoms with E-state index in [2.05, 4.69) is 33.9 Å². The van der Waals surface area contributed by atoms with Gasteiger partial charge in [0.1, 0.15) is 17.6 Å². The Morgan fingerprint density at radius 3 is 2.03 bits per heavy atom. The van der Waals surface area contributed by atoms with Crippen molar-refractivity contribution >= 4 is 32.0 Å². The van der Waals surface area contributed by atoms with Crippen LogP contribution in [0.4, 0.5) is 0 Å². The third-order valence-electron chi connectivity index (χ3n) is 5.89. The smallest absolute Gasteiger partial charge is 0.303 e. The molecule has 0 bridgehead atoms. The lowest BCUT2D eigenvalue weighted by Gasteiger charge is -2.48. The second-order valence-corrected chi connectivity index (χ2v) is 15.6. The second-order valence-electron chi connectivity index (χ2n) is 9.65. The van der Waals surface area contributed by atoms with Crippen LogP contribution >= 0.6 is 11.8 Å². The number of carbonyl (C=O) groups excluding carboxylic acids is 2. The van der Waals surface area contributed by atoms with Crippen LogP contribution in [-0.2, 0) is 28.2 Å². The molecule has 1 aromatic rings. The zero-order chi connectivity index (χ0) is 24.3. The number of benzene rings is 1. The molecule has 0 spiro atoms. The summed E-state index contributed by atoms with van der Waals surface area (Å²) in [5, 5.41) is 10.0. The highest BCUT2D eigenvalue weighted by molar-refractivity contribution is 7.99. The first-order valence-electron chi connectivity index (χ1n) is 10.8. The van der Waals surface area contributed by atoms with Crippen LogP contribution in [0.3, 0.4) is 0 Å². The topological polar surface area (TPSA) is 91.3 Å². The number of esters is 2. The maximum Gasteiger partial charge on any atom is 0.303 e. The Kier molecular flexibility index (Phi) is 8.97. The van der Waals surface area contributed by atoms with Crippen LogP contribution in [0.5, 0.6) is 0 Å². The molecule has 0 aliphatic carbocycles. The Morgan fingerprint density at radius 1 is 1.03 bits per heavy atom. The Bertz CT molecular complexity index is 791. The van der Waals surface area contributed by atoms with E-state index in [1.165, 1.54) is 25.6 Å². The fourth-order valence-electron chi connectivity index (χ4n) is 3.17. The molecule has 0 saturated carbocycles. The number of carbonyl (C=O) groups is 2. The fraction of sp³-hybridized carbons (Fsp3) is 0.652. The van der Waals surface area contributed by atoms with Gasteiger partial charge in [-0.25, -0.2) is 0 Å². The molecule has 180 valence electrons. The quantitative estimate of drug-likeness (QED) is 0.458. The molecule has 1 aromatic carbocycles. The third kappa shape index (κ3) is 6.80. The second kappa shape index (κ2) is 10.7. The summed E-state index contributed by atoms with van der Waals surface area (Å²) in [5.74, 6) is -1.03. The van der Waals surface area contributed by atoms with Crippen LogP contribution in [0.25, 0.3) is 0 Å². The van der Waals surface area contributed by atoms with Gasteiger partial charge in [-0.3, -0.25) is 9.59 Å². The van der Waals surface area contributed by atoms with Crippen LogP contribution in [0.1, 0.15) is 40.2 Å². The Morgan fingerprint density at radius 2 is 1.56 bits per heavy atom. The molecule has 1 heterocycles.